The highest BCUT2D eigenvalue weighted by Gasteiger charge is 2.30. The lowest BCUT2D eigenvalue weighted by atomic mass is 10.1. The largest absolute Gasteiger partial charge is 0.464 e. The smallest absolute Gasteiger partial charge is 0.416 e. The summed E-state index contributed by atoms with van der Waals surface area (Å²) in [5.41, 5.74) is 2.16. The minimum atomic E-state index is -4.41. The molecule has 2 aromatic heterocycles. The van der Waals surface area contributed by atoms with Crippen LogP contribution in [0.15, 0.2) is 35.9 Å². The van der Waals surface area contributed by atoms with Gasteiger partial charge >= 0.3 is 12.1 Å². The van der Waals surface area contributed by atoms with E-state index in [1.54, 1.807) is 13.0 Å². The molecule has 0 atom stereocenters. The summed E-state index contributed by atoms with van der Waals surface area (Å²) < 4.78 is 44.8. The van der Waals surface area contributed by atoms with E-state index in [0.717, 1.165) is 22.6 Å². The van der Waals surface area contributed by atoms with Crippen molar-refractivity contribution in [3.8, 4) is 16.4 Å². The Balaban J connectivity index is 2.14. The minimum absolute atomic E-state index is 0.224. The van der Waals surface area contributed by atoms with E-state index in [2.05, 4.69) is 10.1 Å². The topological polar surface area (TPSA) is 57.0 Å². The Morgan fingerprint density at radius 2 is 1.86 bits per heavy atom. The summed E-state index contributed by atoms with van der Waals surface area (Å²) in [5, 5.41) is 4.74. The molecule has 0 unspecified atom stereocenters. The fourth-order valence-electron chi connectivity index (χ4n) is 2.69. The van der Waals surface area contributed by atoms with E-state index in [9.17, 15) is 18.0 Å². The molecule has 1 aromatic carbocycles. The van der Waals surface area contributed by atoms with Crippen LogP contribution in [-0.2, 0) is 10.9 Å². The third kappa shape index (κ3) is 4.40. The molecular weight excluding hydrogens is 403 g/mol. The average Bonchev–Trinajstić information content (AvgIpc) is 3.23. The molecule has 2 heterocycles. The van der Waals surface area contributed by atoms with Crippen molar-refractivity contribution in [2.45, 2.75) is 26.9 Å². The number of carbonyl (C=O) groups excluding carboxylic acids is 1. The Hall–Kier alpha value is -2.94. The molecule has 0 saturated carbocycles. The number of halogens is 3. The number of methoxy groups -OCH3 is 1. The number of allylic oxidation sites excluding steroid dienone is 1. The molecule has 0 saturated heterocycles. The van der Waals surface area contributed by atoms with E-state index < -0.39 is 17.7 Å². The van der Waals surface area contributed by atoms with Gasteiger partial charge in [-0.3, -0.25) is 0 Å². The Labute approximate surface area is 169 Å². The van der Waals surface area contributed by atoms with Gasteiger partial charge in [-0.25, -0.2) is 9.78 Å². The fourth-order valence-corrected chi connectivity index (χ4v) is 3.80. The van der Waals surface area contributed by atoms with Gasteiger partial charge in [0.2, 0.25) is 5.13 Å². The lowest BCUT2D eigenvalue weighted by molar-refractivity contribution is -0.137. The van der Waals surface area contributed by atoms with Gasteiger partial charge in [-0.05, 0) is 45.0 Å². The maximum atomic E-state index is 12.9. The van der Waals surface area contributed by atoms with Gasteiger partial charge in [0.05, 0.1) is 28.9 Å². The first kappa shape index (κ1) is 20.8. The molecule has 3 rings (SSSR count). The van der Waals surface area contributed by atoms with Gasteiger partial charge in [0.15, 0.2) is 5.69 Å². The number of ether oxygens (including phenoxy) is 1. The standard InChI is InChI=1S/C20H18F3N3O2S/c1-11(2)9-16-17(13-5-7-14(8-6-13)20(21,22)23)24-19(29-16)26-15(18(27)28-4)10-12(3)25-26/h5-10H,1-4H3. The Kier molecular flexibility index (Phi) is 5.61. The molecule has 0 N–H and O–H groups in total. The number of carbonyl (C=O) groups is 1. The highest BCUT2D eigenvalue weighted by atomic mass is 32.1. The van der Waals surface area contributed by atoms with E-state index in [1.807, 2.05) is 19.9 Å². The maximum absolute atomic E-state index is 12.9. The predicted octanol–water partition coefficient (Wildman–Crippen LogP) is 5.53. The molecular formula is C20H18F3N3O2S. The van der Waals surface area contributed by atoms with Crippen LogP contribution >= 0.6 is 11.3 Å². The second-order valence-corrected chi connectivity index (χ2v) is 7.59. The van der Waals surface area contributed by atoms with Crippen LogP contribution in [0.2, 0.25) is 0 Å². The molecule has 0 radical (unpaired) electrons. The van der Waals surface area contributed by atoms with Gasteiger partial charge in [-0.15, -0.1) is 0 Å². The van der Waals surface area contributed by atoms with E-state index in [4.69, 9.17) is 4.74 Å². The van der Waals surface area contributed by atoms with Crippen molar-refractivity contribution in [2.75, 3.05) is 7.11 Å². The summed E-state index contributed by atoms with van der Waals surface area (Å²) in [7, 11) is 1.28. The molecule has 0 amide bonds. The van der Waals surface area contributed by atoms with Crippen LogP contribution in [0.4, 0.5) is 13.2 Å². The number of aryl methyl sites for hydroxylation is 1. The Bertz CT molecular complexity index is 1080. The zero-order chi connectivity index (χ0) is 21.3. The molecule has 29 heavy (non-hydrogen) atoms. The number of hydrogen-bond donors (Lipinski definition) is 0. The Morgan fingerprint density at radius 3 is 2.41 bits per heavy atom. The first-order valence-corrected chi connectivity index (χ1v) is 9.40. The zero-order valence-electron chi connectivity index (χ0n) is 16.2. The molecule has 0 aliphatic heterocycles. The van der Waals surface area contributed by atoms with Gasteiger partial charge in [0, 0.05) is 5.56 Å². The van der Waals surface area contributed by atoms with E-state index in [-0.39, 0.29) is 5.69 Å². The first-order valence-electron chi connectivity index (χ1n) is 8.59. The van der Waals surface area contributed by atoms with E-state index >= 15 is 0 Å². The van der Waals surface area contributed by atoms with Crippen molar-refractivity contribution in [1.82, 2.24) is 14.8 Å². The molecule has 9 heteroatoms. The third-order valence-electron chi connectivity index (χ3n) is 3.95. The average molecular weight is 421 g/mol. The third-order valence-corrected chi connectivity index (χ3v) is 4.93. The predicted molar refractivity (Wildman–Crippen MR) is 105 cm³/mol. The van der Waals surface area contributed by atoms with Gasteiger partial charge < -0.3 is 4.74 Å². The van der Waals surface area contributed by atoms with Crippen molar-refractivity contribution in [3.05, 3.63) is 57.7 Å². The number of esters is 1. The van der Waals surface area contributed by atoms with Gasteiger partial charge in [-0.2, -0.15) is 23.0 Å². The number of alkyl halides is 3. The SMILES string of the molecule is COC(=O)c1cc(C)nn1-c1nc(-c2ccc(C(F)(F)F)cc2)c(C=C(C)C)s1. The number of rotatable bonds is 4. The van der Waals surface area contributed by atoms with Crippen LogP contribution in [0.5, 0.6) is 0 Å². The van der Waals surface area contributed by atoms with E-state index in [0.29, 0.717) is 22.1 Å². The summed E-state index contributed by atoms with van der Waals surface area (Å²) in [6.07, 6.45) is -2.52. The number of nitrogens with zero attached hydrogens (tertiary/aromatic N) is 3. The van der Waals surface area contributed by atoms with Crippen molar-refractivity contribution in [1.29, 1.82) is 0 Å². The van der Waals surface area contributed by atoms with Crippen LogP contribution in [0.3, 0.4) is 0 Å². The molecule has 0 bridgehead atoms. The number of aromatic nitrogens is 3. The summed E-state index contributed by atoms with van der Waals surface area (Å²) in [5.74, 6) is -0.555. The van der Waals surface area contributed by atoms with Gasteiger partial charge in [0.1, 0.15) is 0 Å². The highest BCUT2D eigenvalue weighted by Crippen LogP contribution is 2.35. The second kappa shape index (κ2) is 7.82. The minimum Gasteiger partial charge on any atom is -0.464 e. The quantitative estimate of drug-likeness (QED) is 0.520. The molecule has 5 nitrogen and oxygen atoms in total. The van der Waals surface area contributed by atoms with Crippen LogP contribution < -0.4 is 0 Å². The van der Waals surface area contributed by atoms with Crippen LogP contribution in [0.25, 0.3) is 22.5 Å². The van der Waals surface area contributed by atoms with Crippen LogP contribution in [0.1, 0.15) is 40.5 Å². The number of benzene rings is 1. The zero-order valence-corrected chi connectivity index (χ0v) is 17.0. The van der Waals surface area contributed by atoms with Crippen LogP contribution in [-0.4, -0.2) is 27.8 Å². The summed E-state index contributed by atoms with van der Waals surface area (Å²) in [6.45, 7) is 5.56. The molecule has 3 aromatic rings. The second-order valence-electron chi connectivity index (χ2n) is 6.58. The summed E-state index contributed by atoms with van der Waals surface area (Å²) >= 11 is 1.28. The van der Waals surface area contributed by atoms with Crippen molar-refractivity contribution in [2.24, 2.45) is 0 Å². The molecule has 0 fully saturated rings. The lowest BCUT2D eigenvalue weighted by Crippen LogP contribution is -2.10. The monoisotopic (exact) mass is 421 g/mol. The van der Waals surface area contributed by atoms with Crippen molar-refractivity contribution >= 4 is 23.4 Å². The molecule has 0 aliphatic rings. The molecule has 0 spiro atoms. The lowest BCUT2D eigenvalue weighted by Gasteiger charge is -2.07. The maximum Gasteiger partial charge on any atom is 0.416 e. The number of thiazole rings is 1. The fraction of sp³-hybridized carbons (Fsp3) is 0.250. The van der Waals surface area contributed by atoms with Crippen LogP contribution in [0, 0.1) is 6.92 Å². The highest BCUT2D eigenvalue weighted by molar-refractivity contribution is 7.15. The molecule has 0 aliphatic carbocycles. The first-order chi connectivity index (χ1) is 13.6. The van der Waals surface area contributed by atoms with E-state index in [1.165, 1.54) is 35.3 Å². The van der Waals surface area contributed by atoms with Crippen molar-refractivity contribution in [3.63, 3.8) is 0 Å². The Morgan fingerprint density at radius 1 is 1.21 bits per heavy atom. The normalized spacial score (nSPS) is 11.4. The summed E-state index contributed by atoms with van der Waals surface area (Å²) in [6, 6.07) is 6.42. The van der Waals surface area contributed by atoms with Crippen molar-refractivity contribution < 1.29 is 22.7 Å². The van der Waals surface area contributed by atoms with Gasteiger partial charge in [-0.1, -0.05) is 29.0 Å². The molecule has 152 valence electrons. The van der Waals surface area contributed by atoms with Gasteiger partial charge in [0.25, 0.3) is 0 Å². The number of hydrogen-bond acceptors (Lipinski definition) is 5. The summed E-state index contributed by atoms with van der Waals surface area (Å²) in [4.78, 5) is 17.4.